The molecule has 0 bridgehead atoms. The average molecular weight is 449 g/mol. The number of aliphatic imine (C=N–C) groups is 1. The van der Waals surface area contributed by atoms with Gasteiger partial charge in [0.15, 0.2) is 11.8 Å². The molecule has 2 aromatic rings. The zero-order valence-corrected chi connectivity index (χ0v) is 18.1. The first-order valence-corrected chi connectivity index (χ1v) is 10.4. The van der Waals surface area contributed by atoms with Gasteiger partial charge < -0.3 is 20.5 Å². The summed E-state index contributed by atoms with van der Waals surface area (Å²) in [5, 5.41) is 12.7. The van der Waals surface area contributed by atoms with Crippen molar-refractivity contribution in [3.63, 3.8) is 0 Å². The second-order valence-corrected chi connectivity index (χ2v) is 8.78. The van der Waals surface area contributed by atoms with Gasteiger partial charge in [-0.2, -0.15) is 5.26 Å². The molecule has 1 saturated carbocycles. The van der Waals surface area contributed by atoms with Crippen molar-refractivity contribution in [1.82, 2.24) is 15.0 Å². The quantitative estimate of drug-likeness (QED) is 0.628. The first-order chi connectivity index (χ1) is 15.3. The van der Waals surface area contributed by atoms with Crippen molar-refractivity contribution in [2.24, 2.45) is 16.6 Å². The normalized spacial score (nSPS) is 25.4. The van der Waals surface area contributed by atoms with E-state index < -0.39 is 16.2 Å². The van der Waals surface area contributed by atoms with Crippen LogP contribution in [0.15, 0.2) is 29.6 Å². The van der Waals surface area contributed by atoms with Crippen molar-refractivity contribution < 1.29 is 14.3 Å². The van der Waals surface area contributed by atoms with Crippen molar-refractivity contribution in [3.8, 4) is 30.2 Å². The molecule has 4 rings (SSSR count). The van der Waals surface area contributed by atoms with Gasteiger partial charge in [-0.15, -0.1) is 6.42 Å². The number of anilines is 1. The van der Waals surface area contributed by atoms with E-state index in [1.165, 1.54) is 37.5 Å². The monoisotopic (exact) mass is 449 g/mol. The number of amides is 1. The van der Waals surface area contributed by atoms with Gasteiger partial charge in [0.05, 0.1) is 43.0 Å². The van der Waals surface area contributed by atoms with Crippen LogP contribution in [0.25, 0.3) is 0 Å². The number of rotatable bonds is 6. The molecule has 32 heavy (non-hydrogen) atoms. The van der Waals surface area contributed by atoms with Crippen molar-refractivity contribution in [2.75, 3.05) is 19.0 Å². The molecule has 3 heterocycles. The topological polar surface area (TPSA) is 148 Å². The van der Waals surface area contributed by atoms with E-state index in [4.69, 9.17) is 21.6 Å². The number of amidine groups is 1. The van der Waals surface area contributed by atoms with Gasteiger partial charge in [-0.05, 0) is 19.4 Å². The molecule has 2 aromatic heterocycles. The molecule has 1 aliphatic carbocycles. The number of nitrogens with one attached hydrogen (secondary N) is 1. The van der Waals surface area contributed by atoms with E-state index in [-0.39, 0.29) is 24.1 Å². The Morgan fingerprint density at radius 3 is 2.88 bits per heavy atom. The van der Waals surface area contributed by atoms with Gasteiger partial charge in [0.1, 0.15) is 10.4 Å². The molecule has 3 N–H and O–H groups in total. The maximum Gasteiger partial charge on any atom is 0.275 e. The van der Waals surface area contributed by atoms with Gasteiger partial charge in [0.2, 0.25) is 11.8 Å². The number of thioether (sulfide) groups is 1. The van der Waals surface area contributed by atoms with E-state index in [2.05, 4.69) is 37.3 Å². The van der Waals surface area contributed by atoms with Crippen LogP contribution >= 0.6 is 11.8 Å². The highest BCUT2D eigenvalue weighted by atomic mass is 32.2. The molecule has 0 saturated heterocycles. The van der Waals surface area contributed by atoms with E-state index >= 15 is 0 Å². The maximum absolute atomic E-state index is 12.6. The van der Waals surface area contributed by atoms with Crippen molar-refractivity contribution in [3.05, 3.63) is 35.9 Å². The van der Waals surface area contributed by atoms with Gasteiger partial charge >= 0.3 is 0 Å². The second kappa shape index (κ2) is 8.02. The lowest BCUT2D eigenvalue weighted by Gasteiger charge is -2.32. The van der Waals surface area contributed by atoms with Crippen molar-refractivity contribution >= 4 is 28.5 Å². The predicted molar refractivity (Wildman–Crippen MR) is 118 cm³/mol. The Labute approximate surface area is 188 Å². The fourth-order valence-corrected chi connectivity index (χ4v) is 5.06. The first-order valence-electron chi connectivity index (χ1n) is 9.55. The third kappa shape index (κ3) is 3.67. The minimum atomic E-state index is -0.819. The van der Waals surface area contributed by atoms with E-state index in [9.17, 15) is 10.1 Å². The number of methoxy groups -OCH3 is 1. The lowest BCUT2D eigenvalue weighted by atomic mass is 9.86. The zero-order valence-electron chi connectivity index (χ0n) is 17.3. The van der Waals surface area contributed by atoms with E-state index in [1.807, 2.05) is 6.92 Å². The van der Waals surface area contributed by atoms with Crippen LogP contribution in [-0.2, 0) is 5.54 Å². The third-order valence-electron chi connectivity index (χ3n) is 5.42. The molecule has 10 nitrogen and oxygen atoms in total. The number of terminal acetylenes is 1. The maximum atomic E-state index is 12.6. The average Bonchev–Trinajstić information content (AvgIpc) is 3.54. The molecular formula is C21H19N7O3S. The minimum Gasteiger partial charge on any atom is -0.481 e. The standard InChI is InChI=1S/C21H19N7O3S/c1-4-5-31-16-10-24-14(9-25-16)17(29)27-12-6-13(18(30-3)26-8-12)20(2)15-7-21(15,11-22)32-19(23)28-20/h1,6,8-10,15H,5,7H2,2-3H3,(H2,23,28)(H,27,29)/t15-,20-,21+/m0/s1. The van der Waals surface area contributed by atoms with Crippen LogP contribution in [0.1, 0.15) is 29.4 Å². The second-order valence-electron chi connectivity index (χ2n) is 7.43. The fraction of sp³-hybridized carbons (Fsp3) is 0.333. The summed E-state index contributed by atoms with van der Waals surface area (Å²) in [7, 11) is 1.50. The summed E-state index contributed by atoms with van der Waals surface area (Å²) < 4.78 is 10.00. The minimum absolute atomic E-state index is 0.0544. The van der Waals surface area contributed by atoms with Crippen LogP contribution in [0.5, 0.6) is 11.8 Å². The Balaban J connectivity index is 1.61. The number of hydrogen-bond acceptors (Lipinski definition) is 10. The summed E-state index contributed by atoms with van der Waals surface area (Å²) in [5.41, 5.74) is 6.36. The molecule has 0 aromatic carbocycles. The number of carbonyl (C=O) groups excluding carboxylic acids is 1. The number of pyridine rings is 1. The third-order valence-corrected chi connectivity index (χ3v) is 6.63. The number of carbonyl (C=O) groups is 1. The number of nitrogens with two attached hydrogens (primary N) is 1. The summed E-state index contributed by atoms with van der Waals surface area (Å²) in [5.74, 6) is 2.35. The van der Waals surface area contributed by atoms with Crippen LogP contribution in [0.3, 0.4) is 0 Å². The predicted octanol–water partition coefficient (Wildman–Crippen LogP) is 1.70. The molecule has 3 atom stereocenters. The van der Waals surface area contributed by atoms with Gasteiger partial charge in [-0.1, -0.05) is 17.7 Å². The Morgan fingerprint density at radius 2 is 2.22 bits per heavy atom. The molecule has 1 aliphatic heterocycles. The summed E-state index contributed by atoms with van der Waals surface area (Å²) in [4.78, 5) is 29.7. The van der Waals surface area contributed by atoms with Gasteiger partial charge in [-0.25, -0.2) is 15.0 Å². The van der Waals surface area contributed by atoms with Crippen LogP contribution in [0, 0.1) is 29.6 Å². The number of ether oxygens (including phenoxy) is 2. The fourth-order valence-electron chi connectivity index (χ4n) is 3.78. The highest BCUT2D eigenvalue weighted by Gasteiger charge is 2.67. The molecule has 11 heteroatoms. The number of nitrogens with zero attached hydrogens (tertiary/aromatic N) is 5. The summed E-state index contributed by atoms with van der Waals surface area (Å²) in [6.45, 7) is 1.95. The van der Waals surface area contributed by atoms with E-state index in [0.717, 1.165) is 0 Å². The summed E-state index contributed by atoms with van der Waals surface area (Å²) >= 11 is 1.29. The van der Waals surface area contributed by atoms with Crippen LogP contribution in [-0.4, -0.2) is 44.5 Å². The number of fused-ring (bicyclic) bond motifs is 1. The van der Waals surface area contributed by atoms with Crippen molar-refractivity contribution in [2.45, 2.75) is 23.6 Å². The SMILES string of the molecule is C#CCOc1cnc(C(=O)Nc2cnc(OC)c([C@]3(C)N=C(N)S[C@@]4(C#N)C[C@@H]34)c2)cn1. The lowest BCUT2D eigenvalue weighted by Crippen LogP contribution is -2.35. The highest BCUT2D eigenvalue weighted by molar-refractivity contribution is 8.15. The molecule has 1 fully saturated rings. The van der Waals surface area contributed by atoms with Crippen LogP contribution < -0.4 is 20.5 Å². The number of aromatic nitrogens is 3. The smallest absolute Gasteiger partial charge is 0.275 e. The van der Waals surface area contributed by atoms with Crippen LogP contribution in [0.2, 0.25) is 0 Å². The Kier molecular flexibility index (Phi) is 5.36. The summed E-state index contributed by atoms with van der Waals surface area (Å²) in [6.07, 6.45) is 9.86. The Bertz CT molecular complexity index is 1190. The molecule has 0 spiro atoms. The molecule has 0 unspecified atom stereocenters. The molecule has 1 amide bonds. The number of hydrogen-bond donors (Lipinski definition) is 2. The Hall–Kier alpha value is -3.83. The molecular weight excluding hydrogens is 430 g/mol. The van der Waals surface area contributed by atoms with E-state index in [0.29, 0.717) is 28.7 Å². The first kappa shape index (κ1) is 21.4. The highest BCUT2D eigenvalue weighted by Crippen LogP contribution is 2.66. The molecule has 162 valence electrons. The van der Waals surface area contributed by atoms with Gasteiger partial charge in [-0.3, -0.25) is 9.79 Å². The summed E-state index contributed by atoms with van der Waals surface area (Å²) in [6, 6.07) is 4.10. The lowest BCUT2D eigenvalue weighted by molar-refractivity contribution is 0.102. The van der Waals surface area contributed by atoms with Crippen molar-refractivity contribution in [1.29, 1.82) is 5.26 Å². The molecule has 0 radical (unpaired) electrons. The largest absolute Gasteiger partial charge is 0.481 e. The molecule has 2 aliphatic rings. The van der Waals surface area contributed by atoms with Gasteiger partial charge in [0, 0.05) is 11.5 Å². The zero-order chi connectivity index (χ0) is 22.9. The van der Waals surface area contributed by atoms with E-state index in [1.54, 1.807) is 6.07 Å². The Morgan fingerprint density at radius 1 is 1.41 bits per heavy atom. The number of nitriles is 1. The van der Waals surface area contributed by atoms with Gasteiger partial charge in [0.25, 0.3) is 5.91 Å². The van der Waals surface area contributed by atoms with Crippen LogP contribution in [0.4, 0.5) is 5.69 Å².